The zero-order chi connectivity index (χ0) is 10.1. The Hall–Kier alpha value is 1.41. The second-order valence-electron chi connectivity index (χ2n) is 2.99. The van der Waals surface area contributed by atoms with Crippen LogP contribution in [0.4, 0.5) is 0 Å². The lowest BCUT2D eigenvalue weighted by molar-refractivity contribution is -0.0659. The highest BCUT2D eigenvalue weighted by Gasteiger charge is 2.54. The standard InChI is InChI=1S/C7H9Cl5O/c8-5(9)6(7(10,11)12)3-1-2-4-13-6/h5H,1-4H2. The maximum atomic E-state index is 5.80. The summed E-state index contributed by atoms with van der Waals surface area (Å²) in [5.41, 5.74) is -1.06. The highest BCUT2D eigenvalue weighted by atomic mass is 35.6. The first-order valence-electron chi connectivity index (χ1n) is 3.89. The molecular formula is C7H9Cl5O. The first kappa shape index (κ1) is 12.5. The zero-order valence-electron chi connectivity index (χ0n) is 6.70. The van der Waals surface area contributed by atoms with Crippen molar-refractivity contribution >= 4 is 58.0 Å². The van der Waals surface area contributed by atoms with E-state index in [1.54, 1.807) is 0 Å². The molecule has 0 radical (unpaired) electrons. The van der Waals surface area contributed by atoms with Gasteiger partial charge in [-0.25, -0.2) is 0 Å². The summed E-state index contributed by atoms with van der Waals surface area (Å²) in [5.74, 6) is 0. The molecule has 1 heterocycles. The number of alkyl halides is 5. The van der Waals surface area contributed by atoms with E-state index in [0.29, 0.717) is 13.0 Å². The van der Waals surface area contributed by atoms with E-state index in [0.717, 1.165) is 12.8 Å². The van der Waals surface area contributed by atoms with Gasteiger partial charge in [-0.05, 0) is 19.3 Å². The van der Waals surface area contributed by atoms with Gasteiger partial charge in [0.15, 0.2) is 0 Å². The lowest BCUT2D eigenvalue weighted by Crippen LogP contribution is -2.52. The van der Waals surface area contributed by atoms with Crippen molar-refractivity contribution in [3.63, 3.8) is 0 Å². The smallest absolute Gasteiger partial charge is 0.221 e. The third kappa shape index (κ3) is 2.50. The van der Waals surface area contributed by atoms with Gasteiger partial charge in [-0.3, -0.25) is 0 Å². The van der Waals surface area contributed by atoms with E-state index in [1.807, 2.05) is 0 Å². The molecule has 0 spiro atoms. The van der Waals surface area contributed by atoms with Crippen LogP contribution in [-0.4, -0.2) is 20.8 Å². The van der Waals surface area contributed by atoms with Gasteiger partial charge < -0.3 is 4.74 Å². The van der Waals surface area contributed by atoms with Crippen LogP contribution in [-0.2, 0) is 4.74 Å². The fraction of sp³-hybridized carbons (Fsp3) is 1.00. The predicted molar refractivity (Wildman–Crippen MR) is 58.3 cm³/mol. The molecular weight excluding hydrogens is 277 g/mol. The van der Waals surface area contributed by atoms with Crippen molar-refractivity contribution in [2.75, 3.05) is 6.61 Å². The van der Waals surface area contributed by atoms with Crippen molar-refractivity contribution in [3.8, 4) is 0 Å². The molecule has 1 fully saturated rings. The van der Waals surface area contributed by atoms with Crippen molar-refractivity contribution in [1.82, 2.24) is 0 Å². The monoisotopic (exact) mass is 284 g/mol. The van der Waals surface area contributed by atoms with Crippen LogP contribution < -0.4 is 0 Å². The van der Waals surface area contributed by atoms with Crippen molar-refractivity contribution in [3.05, 3.63) is 0 Å². The van der Waals surface area contributed by atoms with E-state index in [-0.39, 0.29) is 0 Å². The van der Waals surface area contributed by atoms with E-state index in [9.17, 15) is 0 Å². The Morgan fingerprint density at radius 1 is 1.15 bits per heavy atom. The molecule has 1 aliphatic heterocycles. The molecule has 13 heavy (non-hydrogen) atoms. The Labute approximate surface area is 103 Å². The number of ether oxygens (including phenoxy) is 1. The van der Waals surface area contributed by atoms with E-state index in [4.69, 9.17) is 62.7 Å². The predicted octanol–water partition coefficient (Wildman–Crippen LogP) is 4.10. The SMILES string of the molecule is ClC(Cl)C1(C(Cl)(Cl)Cl)CCCCO1. The Morgan fingerprint density at radius 3 is 2.00 bits per heavy atom. The summed E-state index contributed by atoms with van der Waals surface area (Å²) in [7, 11) is 0. The van der Waals surface area contributed by atoms with Crippen LogP contribution in [0.25, 0.3) is 0 Å². The van der Waals surface area contributed by atoms with Gasteiger partial charge >= 0.3 is 0 Å². The van der Waals surface area contributed by atoms with Gasteiger partial charge in [-0.1, -0.05) is 34.8 Å². The average molecular weight is 286 g/mol. The summed E-state index contributed by atoms with van der Waals surface area (Å²) in [6.07, 6.45) is 2.42. The van der Waals surface area contributed by atoms with Crippen molar-refractivity contribution in [1.29, 1.82) is 0 Å². The van der Waals surface area contributed by atoms with Crippen molar-refractivity contribution < 1.29 is 4.74 Å². The molecule has 0 aromatic heterocycles. The fourth-order valence-corrected chi connectivity index (χ4v) is 3.12. The van der Waals surface area contributed by atoms with Gasteiger partial charge in [0, 0.05) is 6.61 Å². The number of hydrogen-bond acceptors (Lipinski definition) is 1. The molecule has 78 valence electrons. The van der Waals surface area contributed by atoms with Gasteiger partial charge in [0.1, 0.15) is 10.4 Å². The van der Waals surface area contributed by atoms with E-state index >= 15 is 0 Å². The van der Waals surface area contributed by atoms with Crippen LogP contribution in [0.15, 0.2) is 0 Å². The fourth-order valence-electron chi connectivity index (χ4n) is 1.34. The van der Waals surface area contributed by atoms with Crippen LogP contribution in [0.3, 0.4) is 0 Å². The number of rotatable bonds is 1. The molecule has 0 saturated carbocycles. The Morgan fingerprint density at radius 2 is 1.77 bits per heavy atom. The second kappa shape index (κ2) is 4.51. The normalized spacial score (nSPS) is 30.9. The third-order valence-electron chi connectivity index (χ3n) is 2.13. The summed E-state index contributed by atoms with van der Waals surface area (Å²) >= 11 is 29.0. The molecule has 0 N–H and O–H groups in total. The van der Waals surface area contributed by atoms with Gasteiger partial charge in [-0.15, -0.1) is 23.2 Å². The average Bonchev–Trinajstić information content (AvgIpc) is 2.03. The van der Waals surface area contributed by atoms with E-state index < -0.39 is 14.2 Å². The van der Waals surface area contributed by atoms with E-state index in [1.165, 1.54) is 0 Å². The number of hydrogen-bond donors (Lipinski definition) is 0. The second-order valence-corrected chi connectivity index (χ2v) is 6.37. The molecule has 1 saturated heterocycles. The van der Waals surface area contributed by atoms with Crippen LogP contribution in [0.1, 0.15) is 19.3 Å². The summed E-state index contributed by atoms with van der Waals surface area (Å²) in [4.78, 5) is -0.833. The largest absolute Gasteiger partial charge is 0.368 e. The molecule has 1 rings (SSSR count). The van der Waals surface area contributed by atoms with Crippen molar-refractivity contribution in [2.45, 2.75) is 33.5 Å². The molecule has 1 unspecified atom stereocenters. The zero-order valence-corrected chi connectivity index (χ0v) is 10.5. The molecule has 0 aromatic rings. The van der Waals surface area contributed by atoms with Gasteiger partial charge in [0.25, 0.3) is 0 Å². The quantitative estimate of drug-likeness (QED) is 0.659. The summed E-state index contributed by atoms with van der Waals surface area (Å²) in [6.45, 7) is 0.532. The molecule has 6 heteroatoms. The van der Waals surface area contributed by atoms with Crippen LogP contribution in [0.5, 0.6) is 0 Å². The van der Waals surface area contributed by atoms with Crippen molar-refractivity contribution in [2.24, 2.45) is 0 Å². The summed E-state index contributed by atoms with van der Waals surface area (Å²) in [5, 5.41) is 0. The molecule has 0 aliphatic carbocycles. The highest BCUT2D eigenvalue weighted by molar-refractivity contribution is 6.69. The maximum absolute atomic E-state index is 5.80. The van der Waals surface area contributed by atoms with Gasteiger partial charge in [0.05, 0.1) is 0 Å². The molecule has 1 atom stereocenters. The minimum atomic E-state index is -1.58. The number of halogens is 5. The minimum Gasteiger partial charge on any atom is -0.368 e. The molecule has 1 aliphatic rings. The molecule has 0 amide bonds. The van der Waals surface area contributed by atoms with Gasteiger partial charge in [-0.2, -0.15) is 0 Å². The van der Waals surface area contributed by atoms with Crippen LogP contribution in [0.2, 0.25) is 0 Å². The maximum Gasteiger partial charge on any atom is 0.221 e. The molecule has 0 bridgehead atoms. The third-order valence-corrected chi connectivity index (χ3v) is 3.80. The first-order valence-corrected chi connectivity index (χ1v) is 5.90. The molecule has 0 aromatic carbocycles. The molecule has 1 nitrogen and oxygen atoms in total. The Balaban J connectivity index is 2.86. The van der Waals surface area contributed by atoms with Crippen LogP contribution >= 0.6 is 58.0 Å². The lowest BCUT2D eigenvalue weighted by Gasteiger charge is -2.43. The van der Waals surface area contributed by atoms with E-state index in [2.05, 4.69) is 0 Å². The minimum absolute atomic E-state index is 0.532. The Kier molecular flexibility index (Phi) is 4.33. The Bertz CT molecular complexity index is 170. The lowest BCUT2D eigenvalue weighted by atomic mass is 9.97. The van der Waals surface area contributed by atoms with Gasteiger partial charge in [0.2, 0.25) is 3.79 Å². The highest BCUT2D eigenvalue weighted by Crippen LogP contribution is 2.50. The topological polar surface area (TPSA) is 9.23 Å². The summed E-state index contributed by atoms with van der Waals surface area (Å²) in [6, 6.07) is 0. The van der Waals surface area contributed by atoms with Crippen LogP contribution in [0, 0.1) is 0 Å². The summed E-state index contributed by atoms with van der Waals surface area (Å²) < 4.78 is 3.85. The first-order chi connectivity index (χ1) is 5.90.